The number of nitrogen functional groups attached to an aromatic ring is 1. The molecule has 0 amide bonds. The number of rotatable bonds is 6. The Hall–Kier alpha value is -1.01. The van der Waals surface area contributed by atoms with Gasteiger partial charge in [-0.15, -0.1) is 0 Å². The van der Waals surface area contributed by atoms with E-state index in [0.717, 1.165) is 11.1 Å². The molecule has 1 saturated carbocycles. The first-order valence-corrected chi connectivity index (χ1v) is 7.76. The van der Waals surface area contributed by atoms with Gasteiger partial charge < -0.3 is 15.8 Å². The molecule has 1 aromatic rings. The Labute approximate surface area is 118 Å². The fraction of sp³-hybridized carbons (Fsp3) is 0.692. The number of ether oxygens (including phenoxy) is 1. The number of methoxy groups -OCH3 is 1. The van der Waals surface area contributed by atoms with Crippen LogP contribution in [0.3, 0.4) is 0 Å². The molecule has 0 aromatic carbocycles. The third-order valence-corrected chi connectivity index (χ3v) is 4.44. The van der Waals surface area contributed by atoms with Crippen LogP contribution in [-0.2, 0) is 11.3 Å². The second-order valence-corrected chi connectivity index (χ2v) is 6.34. The van der Waals surface area contributed by atoms with Gasteiger partial charge in [-0.2, -0.15) is 11.8 Å². The zero-order valence-electron chi connectivity index (χ0n) is 11.6. The van der Waals surface area contributed by atoms with Crippen molar-refractivity contribution in [2.24, 2.45) is 0 Å². The molecular weight excluding hydrogens is 260 g/mol. The van der Waals surface area contributed by atoms with Gasteiger partial charge in [0.05, 0.1) is 0 Å². The van der Waals surface area contributed by atoms with Gasteiger partial charge in [0.2, 0.25) is 0 Å². The number of hydrogen-bond donors (Lipinski definition) is 2. The van der Waals surface area contributed by atoms with Crippen LogP contribution in [0.25, 0.3) is 0 Å². The van der Waals surface area contributed by atoms with Crippen molar-refractivity contribution in [1.29, 1.82) is 0 Å². The molecule has 106 valence electrons. The molecule has 0 radical (unpaired) electrons. The van der Waals surface area contributed by atoms with Crippen molar-refractivity contribution in [3.63, 3.8) is 0 Å². The van der Waals surface area contributed by atoms with E-state index in [1.54, 1.807) is 13.2 Å². The van der Waals surface area contributed by atoms with Crippen LogP contribution in [0.1, 0.15) is 32.0 Å². The highest BCUT2D eigenvalue weighted by molar-refractivity contribution is 7.99. The van der Waals surface area contributed by atoms with Crippen molar-refractivity contribution in [3.8, 4) is 0 Å². The van der Waals surface area contributed by atoms with Crippen molar-refractivity contribution < 1.29 is 4.74 Å². The maximum absolute atomic E-state index is 5.79. The molecule has 19 heavy (non-hydrogen) atoms. The SMILES string of the molecule is CCSC1CCC(Nc2cc(N)nc(COC)n2)C1. The van der Waals surface area contributed by atoms with Crippen molar-refractivity contribution in [2.45, 2.75) is 44.1 Å². The Kier molecular flexibility index (Phi) is 5.27. The van der Waals surface area contributed by atoms with E-state index in [1.807, 2.05) is 0 Å². The fourth-order valence-corrected chi connectivity index (χ4v) is 3.60. The summed E-state index contributed by atoms with van der Waals surface area (Å²) < 4.78 is 5.05. The molecule has 2 atom stereocenters. The summed E-state index contributed by atoms with van der Waals surface area (Å²) in [6.07, 6.45) is 3.67. The molecule has 3 N–H and O–H groups in total. The number of nitrogens with one attached hydrogen (secondary N) is 1. The Balaban J connectivity index is 1.95. The van der Waals surface area contributed by atoms with Crippen LogP contribution in [0.4, 0.5) is 11.6 Å². The number of anilines is 2. The zero-order valence-corrected chi connectivity index (χ0v) is 12.4. The van der Waals surface area contributed by atoms with Crippen LogP contribution >= 0.6 is 11.8 Å². The highest BCUT2D eigenvalue weighted by atomic mass is 32.2. The van der Waals surface area contributed by atoms with Gasteiger partial charge in [-0.1, -0.05) is 6.92 Å². The van der Waals surface area contributed by atoms with E-state index in [9.17, 15) is 0 Å². The lowest BCUT2D eigenvalue weighted by Crippen LogP contribution is -2.18. The molecule has 0 bridgehead atoms. The summed E-state index contributed by atoms with van der Waals surface area (Å²) in [5.41, 5.74) is 5.79. The van der Waals surface area contributed by atoms with Crippen molar-refractivity contribution in [2.75, 3.05) is 23.9 Å². The largest absolute Gasteiger partial charge is 0.384 e. The Morgan fingerprint density at radius 3 is 3.05 bits per heavy atom. The molecule has 2 rings (SSSR count). The summed E-state index contributed by atoms with van der Waals surface area (Å²) in [5, 5.41) is 4.25. The topological polar surface area (TPSA) is 73.1 Å². The van der Waals surface area contributed by atoms with Crippen LogP contribution in [-0.4, -0.2) is 34.1 Å². The first kappa shape index (κ1) is 14.4. The third kappa shape index (κ3) is 4.24. The molecular formula is C13H22N4OS. The molecule has 1 fully saturated rings. The lowest BCUT2D eigenvalue weighted by molar-refractivity contribution is 0.178. The van der Waals surface area contributed by atoms with Crippen molar-refractivity contribution in [3.05, 3.63) is 11.9 Å². The maximum Gasteiger partial charge on any atom is 0.158 e. The molecule has 0 aliphatic heterocycles. The first-order chi connectivity index (χ1) is 9.21. The number of hydrogen-bond acceptors (Lipinski definition) is 6. The van der Waals surface area contributed by atoms with Crippen LogP contribution in [0.5, 0.6) is 0 Å². The minimum Gasteiger partial charge on any atom is -0.384 e. The summed E-state index contributed by atoms with van der Waals surface area (Å²) in [6, 6.07) is 2.29. The molecule has 0 saturated heterocycles. The predicted molar refractivity (Wildman–Crippen MR) is 80.3 cm³/mol. The normalized spacial score (nSPS) is 22.6. The van der Waals surface area contributed by atoms with Gasteiger partial charge in [0, 0.05) is 24.5 Å². The highest BCUT2D eigenvalue weighted by Gasteiger charge is 2.24. The molecule has 5 nitrogen and oxygen atoms in total. The minimum absolute atomic E-state index is 0.388. The number of nitrogens with zero attached hydrogens (tertiary/aromatic N) is 2. The molecule has 0 spiro atoms. The van der Waals surface area contributed by atoms with Crippen molar-refractivity contribution >= 4 is 23.4 Å². The summed E-state index contributed by atoms with van der Waals surface area (Å²) in [5.74, 6) is 3.12. The van der Waals surface area contributed by atoms with Crippen LogP contribution in [0, 0.1) is 0 Å². The van der Waals surface area contributed by atoms with E-state index in [0.29, 0.717) is 24.3 Å². The monoisotopic (exact) mass is 282 g/mol. The summed E-state index contributed by atoms with van der Waals surface area (Å²) in [4.78, 5) is 8.56. The van der Waals surface area contributed by atoms with Crippen LogP contribution < -0.4 is 11.1 Å². The molecule has 2 unspecified atom stereocenters. The molecule has 1 aromatic heterocycles. The average Bonchev–Trinajstić information content (AvgIpc) is 2.76. The lowest BCUT2D eigenvalue weighted by atomic mass is 10.2. The van der Waals surface area contributed by atoms with Gasteiger partial charge in [-0.25, -0.2) is 9.97 Å². The van der Waals surface area contributed by atoms with E-state index in [4.69, 9.17) is 10.5 Å². The van der Waals surface area contributed by atoms with E-state index >= 15 is 0 Å². The smallest absolute Gasteiger partial charge is 0.158 e. The quantitative estimate of drug-likeness (QED) is 0.834. The van der Waals surface area contributed by atoms with E-state index < -0.39 is 0 Å². The Morgan fingerprint density at radius 2 is 2.32 bits per heavy atom. The van der Waals surface area contributed by atoms with E-state index in [1.165, 1.54) is 25.0 Å². The summed E-state index contributed by atoms with van der Waals surface area (Å²) >= 11 is 2.05. The van der Waals surface area contributed by atoms with Crippen LogP contribution in [0.15, 0.2) is 6.07 Å². The van der Waals surface area contributed by atoms with Gasteiger partial charge in [-0.3, -0.25) is 0 Å². The molecule has 6 heteroatoms. The maximum atomic E-state index is 5.79. The molecule has 1 aliphatic rings. The standard InChI is InChI=1S/C13H22N4OS/c1-3-19-10-5-4-9(6-10)15-12-7-11(14)16-13(17-12)8-18-2/h7,9-10H,3-6,8H2,1-2H3,(H3,14,15,16,17). The lowest BCUT2D eigenvalue weighted by Gasteiger charge is -2.14. The number of thioether (sulfide) groups is 1. The van der Waals surface area contributed by atoms with Gasteiger partial charge in [0.15, 0.2) is 5.82 Å². The second kappa shape index (κ2) is 6.96. The van der Waals surface area contributed by atoms with Gasteiger partial charge in [0.25, 0.3) is 0 Å². The zero-order chi connectivity index (χ0) is 13.7. The summed E-state index contributed by atoms with van der Waals surface area (Å²) in [6.45, 7) is 2.60. The van der Waals surface area contributed by atoms with E-state index in [-0.39, 0.29) is 0 Å². The molecule has 1 heterocycles. The Bertz CT molecular complexity index is 416. The number of aromatic nitrogens is 2. The minimum atomic E-state index is 0.388. The second-order valence-electron chi connectivity index (χ2n) is 4.76. The predicted octanol–water partition coefficient (Wildman–Crippen LogP) is 2.29. The van der Waals surface area contributed by atoms with Crippen LogP contribution in [0.2, 0.25) is 0 Å². The first-order valence-electron chi connectivity index (χ1n) is 6.71. The Morgan fingerprint density at radius 1 is 1.47 bits per heavy atom. The van der Waals surface area contributed by atoms with E-state index in [2.05, 4.69) is 34.0 Å². The fourth-order valence-electron chi connectivity index (χ4n) is 2.45. The number of nitrogens with two attached hydrogens (primary N) is 1. The highest BCUT2D eigenvalue weighted by Crippen LogP contribution is 2.31. The van der Waals surface area contributed by atoms with Gasteiger partial charge in [-0.05, 0) is 25.0 Å². The third-order valence-electron chi connectivity index (χ3n) is 3.20. The summed E-state index contributed by atoms with van der Waals surface area (Å²) in [7, 11) is 1.63. The molecule has 1 aliphatic carbocycles. The van der Waals surface area contributed by atoms with Crippen molar-refractivity contribution in [1.82, 2.24) is 9.97 Å². The average molecular weight is 282 g/mol. The van der Waals surface area contributed by atoms with Gasteiger partial charge >= 0.3 is 0 Å². The van der Waals surface area contributed by atoms with Gasteiger partial charge in [0.1, 0.15) is 18.2 Å².